The molecule has 0 bridgehead atoms. The van der Waals surface area contributed by atoms with Gasteiger partial charge in [-0.1, -0.05) is 27.7 Å². The Hall–Kier alpha value is -5.90. The second kappa shape index (κ2) is 18.1. The number of aliphatic imine (C=N–C) groups is 1. The Kier molecular flexibility index (Phi) is 13.5. The lowest BCUT2D eigenvalue weighted by Crippen LogP contribution is -2.63. The molecule has 2 aromatic rings. The van der Waals surface area contributed by atoms with Crippen molar-refractivity contribution in [3.8, 4) is 0 Å². The second-order valence-electron chi connectivity index (χ2n) is 14.3. The van der Waals surface area contributed by atoms with Crippen molar-refractivity contribution in [2.45, 2.75) is 77.0 Å². The van der Waals surface area contributed by atoms with E-state index < -0.39 is 60.4 Å². The lowest BCUT2D eigenvalue weighted by atomic mass is 9.77. The lowest BCUT2D eigenvalue weighted by molar-refractivity contribution is -0.385. The van der Waals surface area contributed by atoms with Crippen LogP contribution in [-0.2, 0) is 18.7 Å². The number of nitro benzene ring substituents is 2. The molecule has 0 aromatic heterocycles. The molecule has 3 heterocycles. The van der Waals surface area contributed by atoms with Gasteiger partial charge in [-0.25, -0.2) is 24.2 Å². The van der Waals surface area contributed by atoms with Gasteiger partial charge in [0, 0.05) is 56.0 Å². The monoisotopic (exact) mass is 823 g/mol. The number of nitro groups is 2. The highest BCUT2D eigenvalue weighted by Crippen LogP contribution is 2.45. The number of hydrogen-bond acceptors (Lipinski definition) is 15. The minimum atomic E-state index is -1.95. The number of esters is 2. The fourth-order valence-electron chi connectivity index (χ4n) is 7.50. The molecule has 3 aliphatic rings. The van der Waals surface area contributed by atoms with Crippen molar-refractivity contribution in [1.29, 1.82) is 0 Å². The van der Waals surface area contributed by atoms with E-state index >= 15 is 0 Å². The van der Waals surface area contributed by atoms with E-state index in [4.69, 9.17) is 13.9 Å². The van der Waals surface area contributed by atoms with Crippen LogP contribution >= 0.6 is 0 Å². The van der Waals surface area contributed by atoms with Crippen molar-refractivity contribution in [2.75, 3.05) is 19.6 Å². The van der Waals surface area contributed by atoms with Crippen LogP contribution < -0.4 is 10.6 Å². The molecule has 310 valence electrons. The molecular formula is C37H45N7O13Si. The van der Waals surface area contributed by atoms with Crippen LogP contribution in [0.1, 0.15) is 55.3 Å². The Labute approximate surface area is 333 Å². The predicted octanol–water partition coefficient (Wildman–Crippen LogP) is 4.11. The van der Waals surface area contributed by atoms with Gasteiger partial charge < -0.3 is 23.9 Å². The van der Waals surface area contributed by atoms with E-state index in [0.29, 0.717) is 6.54 Å². The SMILES string of the molecule is CC[Si](CC)(CC)O[C@H](C)C1C(=O)N2C=C(CN3C[C@H](N=C(NC(=O)OC(=O)c4ccc([N+](=O)[O-])cc4)NC(=O)OC(=O)c4ccc([N+](=O)[O-])cc4)[C@@H](O)C3)[C@H](C)[C@H]12. The number of guanidine groups is 1. The number of fused-ring (bicyclic) bond motifs is 1. The van der Waals surface area contributed by atoms with E-state index in [2.05, 4.69) is 36.4 Å². The lowest BCUT2D eigenvalue weighted by Gasteiger charge is -2.48. The maximum atomic E-state index is 13.3. The van der Waals surface area contributed by atoms with Crippen molar-refractivity contribution in [1.82, 2.24) is 20.4 Å². The summed E-state index contributed by atoms with van der Waals surface area (Å²) < 4.78 is 16.2. The van der Waals surface area contributed by atoms with Crippen LogP contribution in [0.2, 0.25) is 18.1 Å². The molecule has 1 unspecified atom stereocenters. The fraction of sp³-hybridized carbons (Fsp3) is 0.459. The Morgan fingerprint density at radius 2 is 1.36 bits per heavy atom. The Morgan fingerprint density at radius 1 is 0.879 bits per heavy atom. The number of nitrogens with one attached hydrogen (secondary N) is 2. The Bertz CT molecular complexity index is 1910. The molecule has 21 heteroatoms. The third-order valence-corrected chi connectivity index (χ3v) is 15.7. The van der Waals surface area contributed by atoms with Crippen LogP contribution in [0.3, 0.4) is 0 Å². The minimum absolute atomic E-state index is 0.000553. The van der Waals surface area contributed by atoms with Gasteiger partial charge in [-0.2, -0.15) is 0 Å². The van der Waals surface area contributed by atoms with Crippen LogP contribution in [-0.4, -0.2) is 113 Å². The number of benzene rings is 2. The maximum Gasteiger partial charge on any atom is 0.421 e. The Balaban J connectivity index is 1.26. The number of likely N-dealkylation sites (tertiary alicyclic amines) is 1. The summed E-state index contributed by atoms with van der Waals surface area (Å²) in [7, 11) is -1.95. The second-order valence-corrected chi connectivity index (χ2v) is 19.1. The molecule has 20 nitrogen and oxygen atoms in total. The summed E-state index contributed by atoms with van der Waals surface area (Å²) in [5.74, 6) is -3.35. The molecule has 2 fully saturated rings. The first-order valence-corrected chi connectivity index (χ1v) is 21.3. The molecule has 0 aliphatic carbocycles. The van der Waals surface area contributed by atoms with Crippen LogP contribution in [0, 0.1) is 32.1 Å². The van der Waals surface area contributed by atoms with Gasteiger partial charge in [0.05, 0.1) is 51.2 Å². The number of rotatable bonds is 13. The molecular weight excluding hydrogens is 779 g/mol. The molecule has 3 amide bonds. The molecule has 5 rings (SSSR count). The number of hydrogen-bond donors (Lipinski definition) is 3. The fourth-order valence-corrected chi connectivity index (χ4v) is 10.4. The topological polar surface area (TPSA) is 262 Å². The highest BCUT2D eigenvalue weighted by Gasteiger charge is 2.56. The number of carbonyl (C=O) groups excluding carboxylic acids is 5. The predicted molar refractivity (Wildman–Crippen MR) is 207 cm³/mol. The number of β-lactam (4-membered cyclic amide) rings is 1. The van der Waals surface area contributed by atoms with Gasteiger partial charge in [0.15, 0.2) is 8.32 Å². The van der Waals surface area contributed by atoms with Crippen molar-refractivity contribution in [3.63, 3.8) is 0 Å². The number of alkyl carbamates (subject to hydrolysis) is 2. The number of carbonyl (C=O) groups is 5. The Morgan fingerprint density at radius 3 is 1.81 bits per heavy atom. The molecule has 0 spiro atoms. The summed E-state index contributed by atoms with van der Waals surface area (Å²) in [5.41, 5.74) is -0.0806. The number of aliphatic hydroxyl groups is 1. The number of nitrogens with zero attached hydrogens (tertiary/aromatic N) is 5. The van der Waals surface area contributed by atoms with Crippen LogP contribution in [0.5, 0.6) is 0 Å². The molecule has 6 atom stereocenters. The van der Waals surface area contributed by atoms with Gasteiger partial charge >= 0.3 is 24.1 Å². The average Bonchev–Trinajstić information content (AvgIpc) is 3.67. The summed E-state index contributed by atoms with van der Waals surface area (Å²) in [4.78, 5) is 92.6. The van der Waals surface area contributed by atoms with E-state index in [1.54, 1.807) is 4.90 Å². The quantitative estimate of drug-likeness (QED) is 0.0375. The molecule has 3 N–H and O–H groups in total. The van der Waals surface area contributed by atoms with Crippen molar-refractivity contribution in [2.24, 2.45) is 16.8 Å². The van der Waals surface area contributed by atoms with Crippen LogP contribution in [0.4, 0.5) is 21.0 Å². The van der Waals surface area contributed by atoms with Gasteiger partial charge in [-0.05, 0) is 54.9 Å². The first-order chi connectivity index (χ1) is 27.5. The molecule has 2 aromatic carbocycles. The summed E-state index contributed by atoms with van der Waals surface area (Å²) in [6.07, 6.45) is -2.40. The van der Waals surface area contributed by atoms with E-state index in [0.717, 1.165) is 72.2 Å². The average molecular weight is 824 g/mol. The first kappa shape index (κ1) is 43.2. The van der Waals surface area contributed by atoms with E-state index in [-0.39, 0.29) is 65.5 Å². The standard InChI is InChI=1S/C37H45N7O13Si/c1-6-58(7-2,8-3)57-22(5)30-31-21(4)25(18-42(31)32(30)46)17-41-19-28(29(45)20-41)38-35(39-36(49)55-33(47)23-9-13-26(14-10-23)43(51)52)40-37(50)56-34(48)24-11-15-27(16-12-24)44(53)54/h9-16,18,21-22,28-31,45H,6-8,17,19-20H2,1-5H3,(H2,38,39,40,49,50)/t21-,22+,28-,29-,30?,31+/m0/s1. The summed E-state index contributed by atoms with van der Waals surface area (Å²) in [6.45, 7) is 11.1. The highest BCUT2D eigenvalue weighted by atomic mass is 28.4. The number of β-amino-alcohol motifs (C(OH)–C–C–N with tert-alkyl or cyclic N) is 1. The number of ether oxygens (including phenoxy) is 2. The first-order valence-electron chi connectivity index (χ1n) is 18.7. The highest BCUT2D eigenvalue weighted by molar-refractivity contribution is 6.73. The van der Waals surface area contributed by atoms with E-state index in [1.807, 2.05) is 24.9 Å². The van der Waals surface area contributed by atoms with Crippen LogP contribution in [0.15, 0.2) is 65.3 Å². The van der Waals surface area contributed by atoms with Crippen molar-refractivity contribution < 1.29 is 52.8 Å². The number of aliphatic hydroxyl groups excluding tert-OH is 1. The van der Waals surface area contributed by atoms with Crippen molar-refractivity contribution in [3.05, 3.63) is 91.7 Å². The van der Waals surface area contributed by atoms with E-state index in [9.17, 15) is 49.3 Å². The molecule has 0 radical (unpaired) electrons. The van der Waals surface area contributed by atoms with Crippen LogP contribution in [0.25, 0.3) is 0 Å². The van der Waals surface area contributed by atoms with E-state index in [1.165, 1.54) is 0 Å². The maximum absolute atomic E-state index is 13.3. The molecule has 3 aliphatic heterocycles. The third kappa shape index (κ3) is 9.61. The van der Waals surface area contributed by atoms with Gasteiger partial charge in [0.2, 0.25) is 11.9 Å². The summed E-state index contributed by atoms with van der Waals surface area (Å²) >= 11 is 0. The van der Waals surface area contributed by atoms with Gasteiger partial charge in [0.25, 0.3) is 11.4 Å². The van der Waals surface area contributed by atoms with Crippen molar-refractivity contribution >= 4 is 55.7 Å². The van der Waals surface area contributed by atoms with Gasteiger partial charge in [-0.3, -0.25) is 40.6 Å². The molecule has 2 saturated heterocycles. The molecule has 0 saturated carbocycles. The summed E-state index contributed by atoms with van der Waals surface area (Å²) in [6, 6.07) is 10.3. The van der Waals surface area contributed by atoms with Gasteiger partial charge in [0.1, 0.15) is 0 Å². The normalized spacial score (nSPS) is 21.8. The zero-order chi connectivity index (χ0) is 42.5. The zero-order valence-corrected chi connectivity index (χ0v) is 33.5. The zero-order valence-electron chi connectivity index (χ0n) is 32.5. The smallest absolute Gasteiger partial charge is 0.413 e. The van der Waals surface area contributed by atoms with Gasteiger partial charge in [-0.15, -0.1) is 0 Å². The number of amides is 3. The molecule has 58 heavy (non-hydrogen) atoms. The minimum Gasteiger partial charge on any atom is -0.413 e. The third-order valence-electron chi connectivity index (χ3n) is 11.0. The summed E-state index contributed by atoms with van der Waals surface area (Å²) in [5, 5.41) is 37.1. The number of non-ortho nitro benzene ring substituents is 2. The largest absolute Gasteiger partial charge is 0.421 e.